The summed E-state index contributed by atoms with van der Waals surface area (Å²) < 4.78 is 7.39. The zero-order chi connectivity index (χ0) is 23.0. The smallest absolute Gasteiger partial charge is 0.271 e. The second-order valence-corrected chi connectivity index (χ2v) is 9.50. The number of amides is 2. The van der Waals surface area contributed by atoms with Gasteiger partial charge in [0.15, 0.2) is 0 Å². The molecule has 1 aliphatic carbocycles. The summed E-state index contributed by atoms with van der Waals surface area (Å²) in [6.45, 7) is 2.66. The molecule has 0 bridgehead atoms. The maximum absolute atomic E-state index is 13.9. The van der Waals surface area contributed by atoms with E-state index in [1.54, 1.807) is 12.0 Å². The number of hydrogen-bond acceptors (Lipinski definition) is 3. The fourth-order valence-electron chi connectivity index (χ4n) is 5.30. The van der Waals surface area contributed by atoms with Crippen LogP contribution >= 0.6 is 0 Å². The van der Waals surface area contributed by atoms with Crippen LogP contribution in [0.15, 0.2) is 54.6 Å². The molecule has 33 heavy (non-hydrogen) atoms. The van der Waals surface area contributed by atoms with E-state index in [1.807, 2.05) is 66.1 Å². The van der Waals surface area contributed by atoms with Crippen LogP contribution in [0.2, 0.25) is 0 Å². The van der Waals surface area contributed by atoms with E-state index in [2.05, 4.69) is 5.32 Å². The normalized spacial score (nSPS) is 21.2. The summed E-state index contributed by atoms with van der Waals surface area (Å²) in [7, 11) is 1.63. The summed E-state index contributed by atoms with van der Waals surface area (Å²) in [6, 6.07) is 17.8. The lowest BCUT2D eigenvalue weighted by Gasteiger charge is -2.45. The summed E-state index contributed by atoms with van der Waals surface area (Å²) >= 11 is 0. The highest BCUT2D eigenvalue weighted by molar-refractivity contribution is 6.03. The molecule has 1 N–H and O–H groups in total. The van der Waals surface area contributed by atoms with Crippen molar-refractivity contribution in [3.05, 3.63) is 65.9 Å². The van der Waals surface area contributed by atoms with Gasteiger partial charge in [-0.15, -0.1) is 0 Å². The molecule has 0 spiro atoms. The molecule has 172 valence electrons. The Morgan fingerprint density at radius 2 is 1.88 bits per heavy atom. The van der Waals surface area contributed by atoms with Crippen LogP contribution in [0.3, 0.4) is 0 Å². The minimum absolute atomic E-state index is 0.0749. The van der Waals surface area contributed by atoms with Crippen molar-refractivity contribution >= 4 is 22.7 Å². The maximum Gasteiger partial charge on any atom is 0.271 e. The highest BCUT2D eigenvalue weighted by Crippen LogP contribution is 2.34. The molecule has 2 heterocycles. The minimum atomic E-state index is -1.01. The van der Waals surface area contributed by atoms with Crippen molar-refractivity contribution in [2.75, 3.05) is 7.11 Å². The number of benzene rings is 2. The predicted octanol–water partition coefficient (Wildman–Crippen LogP) is 4.51. The van der Waals surface area contributed by atoms with Crippen LogP contribution in [-0.2, 0) is 17.9 Å². The Morgan fingerprint density at radius 1 is 1.09 bits per heavy atom. The third-order valence-electron chi connectivity index (χ3n) is 7.24. The van der Waals surface area contributed by atoms with E-state index in [1.165, 1.54) is 6.42 Å². The highest BCUT2D eigenvalue weighted by atomic mass is 16.5. The van der Waals surface area contributed by atoms with Gasteiger partial charge in [0.25, 0.3) is 5.91 Å². The number of nitrogens with zero attached hydrogens (tertiary/aromatic N) is 2. The monoisotopic (exact) mass is 445 g/mol. The Kier molecular flexibility index (Phi) is 5.60. The van der Waals surface area contributed by atoms with Gasteiger partial charge in [-0.05, 0) is 49.6 Å². The van der Waals surface area contributed by atoms with Gasteiger partial charge in [-0.25, -0.2) is 0 Å². The van der Waals surface area contributed by atoms with Crippen LogP contribution in [0.5, 0.6) is 5.75 Å². The molecule has 2 aromatic carbocycles. The number of carbonyl (C=O) groups excluding carboxylic acids is 2. The molecule has 0 radical (unpaired) electrons. The van der Waals surface area contributed by atoms with E-state index in [0.717, 1.165) is 47.9 Å². The first-order chi connectivity index (χ1) is 16.0. The SMILES string of the molecule is COc1cccc(CN2C(=O)c3cc4ccccc4n3C[C@@]2(C)C(=O)NC2CCCCC2)c1. The fourth-order valence-corrected chi connectivity index (χ4v) is 5.30. The van der Waals surface area contributed by atoms with Crippen LogP contribution in [0.25, 0.3) is 10.9 Å². The second kappa shape index (κ2) is 8.58. The van der Waals surface area contributed by atoms with Crippen molar-refractivity contribution in [2.45, 2.75) is 63.7 Å². The van der Waals surface area contributed by atoms with Crippen molar-refractivity contribution < 1.29 is 14.3 Å². The molecule has 0 saturated heterocycles. The highest BCUT2D eigenvalue weighted by Gasteiger charge is 2.48. The molecule has 5 rings (SSSR count). The number of hydrogen-bond donors (Lipinski definition) is 1. The van der Waals surface area contributed by atoms with Gasteiger partial charge in [-0.3, -0.25) is 9.59 Å². The number of para-hydroxylation sites is 1. The predicted molar refractivity (Wildman–Crippen MR) is 128 cm³/mol. The summed E-state index contributed by atoms with van der Waals surface area (Å²) in [5.41, 5.74) is 1.54. The summed E-state index contributed by atoms with van der Waals surface area (Å²) in [4.78, 5) is 29.4. The topological polar surface area (TPSA) is 63.6 Å². The third kappa shape index (κ3) is 3.88. The largest absolute Gasteiger partial charge is 0.497 e. The van der Waals surface area contributed by atoms with E-state index in [-0.39, 0.29) is 17.9 Å². The van der Waals surface area contributed by atoms with Gasteiger partial charge < -0.3 is 19.5 Å². The molecule has 2 amide bonds. The Morgan fingerprint density at radius 3 is 2.67 bits per heavy atom. The number of ether oxygens (including phenoxy) is 1. The lowest BCUT2D eigenvalue weighted by atomic mass is 9.91. The van der Waals surface area contributed by atoms with E-state index in [0.29, 0.717) is 18.8 Å². The van der Waals surface area contributed by atoms with E-state index < -0.39 is 5.54 Å². The zero-order valence-electron chi connectivity index (χ0n) is 19.3. The van der Waals surface area contributed by atoms with E-state index in [9.17, 15) is 9.59 Å². The molecule has 1 aromatic heterocycles. The van der Waals surface area contributed by atoms with Gasteiger partial charge >= 0.3 is 0 Å². The van der Waals surface area contributed by atoms with Gasteiger partial charge in [0.05, 0.1) is 13.7 Å². The van der Waals surface area contributed by atoms with Gasteiger partial charge in [-0.2, -0.15) is 0 Å². The molecular weight excluding hydrogens is 414 g/mol. The van der Waals surface area contributed by atoms with Crippen molar-refractivity contribution in [1.29, 1.82) is 0 Å². The first-order valence-corrected chi connectivity index (χ1v) is 11.8. The van der Waals surface area contributed by atoms with Crippen LogP contribution < -0.4 is 10.1 Å². The average molecular weight is 446 g/mol. The van der Waals surface area contributed by atoms with Gasteiger partial charge in [0.1, 0.15) is 17.0 Å². The lowest BCUT2D eigenvalue weighted by molar-refractivity contribution is -0.134. The molecule has 1 fully saturated rings. The lowest BCUT2D eigenvalue weighted by Crippen LogP contribution is -2.64. The van der Waals surface area contributed by atoms with Crippen molar-refractivity contribution in [3.63, 3.8) is 0 Å². The standard InChI is InChI=1S/C27H31N3O3/c1-27(26(32)28-21-11-4-3-5-12-21)18-29-23-14-7-6-10-20(23)16-24(29)25(31)30(27)17-19-9-8-13-22(15-19)33-2/h6-10,13-16,21H,3-5,11-12,17-18H2,1-2H3,(H,28,32)/t27-/m0/s1. The van der Waals surface area contributed by atoms with Crippen molar-refractivity contribution in [1.82, 2.24) is 14.8 Å². The Balaban J connectivity index is 1.54. The zero-order valence-corrected chi connectivity index (χ0v) is 19.3. The molecular formula is C27H31N3O3. The van der Waals surface area contributed by atoms with Crippen molar-refractivity contribution in [3.8, 4) is 5.75 Å². The molecule has 2 aliphatic rings. The number of fused-ring (bicyclic) bond motifs is 3. The number of methoxy groups -OCH3 is 1. The number of nitrogens with one attached hydrogen (secondary N) is 1. The Bertz CT molecular complexity index is 1190. The number of carbonyl (C=O) groups is 2. The van der Waals surface area contributed by atoms with E-state index in [4.69, 9.17) is 4.74 Å². The van der Waals surface area contributed by atoms with Crippen LogP contribution in [0, 0.1) is 0 Å². The summed E-state index contributed by atoms with van der Waals surface area (Å²) in [5, 5.41) is 4.30. The molecule has 3 aromatic rings. The molecule has 1 aliphatic heterocycles. The molecule has 0 unspecified atom stereocenters. The third-order valence-corrected chi connectivity index (χ3v) is 7.24. The van der Waals surface area contributed by atoms with E-state index >= 15 is 0 Å². The van der Waals surface area contributed by atoms with Gasteiger partial charge in [-0.1, -0.05) is 49.6 Å². The van der Waals surface area contributed by atoms with Crippen molar-refractivity contribution in [2.24, 2.45) is 0 Å². The Hall–Kier alpha value is -3.28. The second-order valence-electron chi connectivity index (χ2n) is 9.50. The quantitative estimate of drug-likeness (QED) is 0.628. The number of aromatic nitrogens is 1. The first kappa shape index (κ1) is 21.6. The van der Waals surface area contributed by atoms with Gasteiger partial charge in [0, 0.05) is 23.5 Å². The van der Waals surface area contributed by atoms with Crippen LogP contribution in [-0.4, -0.2) is 40.0 Å². The first-order valence-electron chi connectivity index (χ1n) is 11.8. The summed E-state index contributed by atoms with van der Waals surface area (Å²) in [5.74, 6) is 0.537. The van der Waals surface area contributed by atoms with Crippen LogP contribution in [0.1, 0.15) is 55.1 Å². The average Bonchev–Trinajstić information content (AvgIpc) is 3.21. The summed E-state index contributed by atoms with van der Waals surface area (Å²) in [6.07, 6.45) is 5.51. The molecule has 1 atom stereocenters. The molecule has 6 nitrogen and oxygen atoms in total. The fraction of sp³-hybridized carbons (Fsp3) is 0.407. The van der Waals surface area contributed by atoms with Gasteiger partial charge in [0.2, 0.25) is 5.91 Å². The Labute approximate surface area is 194 Å². The molecule has 1 saturated carbocycles. The van der Waals surface area contributed by atoms with Crippen LogP contribution in [0.4, 0.5) is 0 Å². The minimum Gasteiger partial charge on any atom is -0.497 e. The maximum atomic E-state index is 13.9. The number of rotatable bonds is 5. The molecule has 6 heteroatoms.